The third kappa shape index (κ3) is 3.49. The quantitative estimate of drug-likeness (QED) is 0.212. The predicted molar refractivity (Wildman–Crippen MR) is 173 cm³/mol. The van der Waals surface area contributed by atoms with Crippen molar-refractivity contribution in [1.29, 1.82) is 0 Å². The Labute approximate surface area is 241 Å². The molecule has 0 saturated carbocycles. The van der Waals surface area contributed by atoms with Crippen LogP contribution in [0.5, 0.6) is 0 Å². The molecule has 0 atom stereocenters. The number of nitrogens with zero attached hydrogens (tertiary/aromatic N) is 4. The fraction of sp³-hybridized carbons (Fsp3) is 0. The van der Waals surface area contributed by atoms with E-state index in [1.807, 2.05) is 12.1 Å². The molecular formula is C38H22N4. The second kappa shape index (κ2) is 8.88. The predicted octanol–water partition coefficient (Wildman–Crippen LogP) is 9.47. The molecule has 42 heavy (non-hydrogen) atoms. The highest BCUT2D eigenvalue weighted by Crippen LogP contribution is 2.39. The standard InChI is InChI=1S/C38H22N4/c1-3-23-7-8-25-11-15-30(31-16-12-24(4-1)35(23)36(25)31)33-18-14-27-10-9-26-13-17-32(41-37(26)38(27)42-33)28-5-2-6-29(21-28)34-22-39-19-20-40-34/h1-22H. The molecule has 0 aliphatic heterocycles. The summed E-state index contributed by atoms with van der Waals surface area (Å²) in [5, 5.41) is 9.75. The molecule has 3 aromatic heterocycles. The van der Waals surface area contributed by atoms with Gasteiger partial charge in [0.05, 0.1) is 34.3 Å². The summed E-state index contributed by atoms with van der Waals surface area (Å²) in [5.41, 5.74) is 7.66. The van der Waals surface area contributed by atoms with E-state index in [0.29, 0.717) is 0 Å². The summed E-state index contributed by atoms with van der Waals surface area (Å²) in [6.07, 6.45) is 5.19. The summed E-state index contributed by atoms with van der Waals surface area (Å²) in [4.78, 5) is 19.1. The maximum Gasteiger partial charge on any atom is 0.0972 e. The van der Waals surface area contributed by atoms with Gasteiger partial charge in [0, 0.05) is 39.9 Å². The summed E-state index contributed by atoms with van der Waals surface area (Å²) in [7, 11) is 0. The molecular weight excluding hydrogens is 512 g/mol. The molecule has 0 fully saturated rings. The van der Waals surface area contributed by atoms with Gasteiger partial charge in [0.1, 0.15) is 0 Å². The highest BCUT2D eigenvalue weighted by atomic mass is 14.8. The minimum Gasteiger partial charge on any atom is -0.261 e. The molecule has 0 unspecified atom stereocenters. The SMILES string of the molecule is c1cc(-c2cnccn2)cc(-c2ccc3ccc4ccc(-c5ccc6ccc7cccc8ccc5c6c78)nc4c3n2)c1. The molecule has 194 valence electrons. The first-order valence-electron chi connectivity index (χ1n) is 14.0. The van der Waals surface area contributed by atoms with Crippen molar-refractivity contribution in [2.45, 2.75) is 0 Å². The highest BCUT2D eigenvalue weighted by Gasteiger charge is 2.14. The average molecular weight is 535 g/mol. The first kappa shape index (κ1) is 23.0. The van der Waals surface area contributed by atoms with E-state index in [1.54, 1.807) is 18.6 Å². The lowest BCUT2D eigenvalue weighted by atomic mass is 9.91. The van der Waals surface area contributed by atoms with E-state index in [0.717, 1.165) is 55.6 Å². The second-order valence-electron chi connectivity index (χ2n) is 10.7. The Morgan fingerprint density at radius 2 is 1.02 bits per heavy atom. The summed E-state index contributed by atoms with van der Waals surface area (Å²) in [6.45, 7) is 0. The molecule has 0 bridgehead atoms. The fourth-order valence-corrected chi connectivity index (χ4v) is 6.32. The van der Waals surface area contributed by atoms with Crippen LogP contribution in [0.4, 0.5) is 0 Å². The normalized spacial score (nSPS) is 11.8. The van der Waals surface area contributed by atoms with Crippen molar-refractivity contribution < 1.29 is 0 Å². The molecule has 0 spiro atoms. The smallest absolute Gasteiger partial charge is 0.0972 e. The minimum absolute atomic E-state index is 0.838. The van der Waals surface area contributed by atoms with Gasteiger partial charge in [-0.1, -0.05) is 97.1 Å². The monoisotopic (exact) mass is 534 g/mol. The van der Waals surface area contributed by atoms with Crippen molar-refractivity contribution in [1.82, 2.24) is 19.9 Å². The van der Waals surface area contributed by atoms with E-state index < -0.39 is 0 Å². The van der Waals surface area contributed by atoms with Gasteiger partial charge in [-0.3, -0.25) is 9.97 Å². The largest absolute Gasteiger partial charge is 0.261 e. The van der Waals surface area contributed by atoms with Crippen molar-refractivity contribution in [3.8, 4) is 33.8 Å². The van der Waals surface area contributed by atoms with Crippen LogP contribution < -0.4 is 0 Å². The van der Waals surface area contributed by atoms with Gasteiger partial charge >= 0.3 is 0 Å². The van der Waals surface area contributed by atoms with Crippen molar-refractivity contribution in [3.05, 3.63) is 134 Å². The van der Waals surface area contributed by atoms with Crippen molar-refractivity contribution in [3.63, 3.8) is 0 Å². The molecule has 0 saturated heterocycles. The van der Waals surface area contributed by atoms with E-state index in [2.05, 4.69) is 113 Å². The van der Waals surface area contributed by atoms with Gasteiger partial charge in [0.25, 0.3) is 0 Å². The van der Waals surface area contributed by atoms with Crippen LogP contribution in [0.25, 0.3) is 87.9 Å². The first-order chi connectivity index (χ1) is 20.8. The Morgan fingerprint density at radius 3 is 1.79 bits per heavy atom. The van der Waals surface area contributed by atoms with Crippen LogP contribution in [0.3, 0.4) is 0 Å². The number of rotatable bonds is 3. The molecule has 6 aromatic carbocycles. The molecule has 9 rings (SSSR count). The Morgan fingerprint density at radius 1 is 0.429 bits per heavy atom. The molecule has 0 radical (unpaired) electrons. The summed E-state index contributed by atoms with van der Waals surface area (Å²) >= 11 is 0. The average Bonchev–Trinajstić information content (AvgIpc) is 3.07. The molecule has 4 heteroatoms. The Balaban J connectivity index is 1.24. The van der Waals surface area contributed by atoms with Crippen LogP contribution in [0, 0.1) is 0 Å². The maximum atomic E-state index is 5.28. The Hall–Kier alpha value is -5.74. The number of hydrogen-bond acceptors (Lipinski definition) is 4. The van der Waals surface area contributed by atoms with Gasteiger partial charge in [-0.15, -0.1) is 0 Å². The lowest BCUT2D eigenvalue weighted by Crippen LogP contribution is -1.92. The number of pyridine rings is 2. The molecule has 4 nitrogen and oxygen atoms in total. The van der Waals surface area contributed by atoms with Crippen LogP contribution in [0.2, 0.25) is 0 Å². The number of aromatic nitrogens is 4. The lowest BCUT2D eigenvalue weighted by Gasteiger charge is -2.14. The molecule has 0 aliphatic carbocycles. The summed E-state index contributed by atoms with van der Waals surface area (Å²) in [5.74, 6) is 0. The molecule has 0 N–H and O–H groups in total. The van der Waals surface area contributed by atoms with E-state index in [-0.39, 0.29) is 0 Å². The van der Waals surface area contributed by atoms with Gasteiger partial charge in [-0.25, -0.2) is 9.97 Å². The van der Waals surface area contributed by atoms with Gasteiger partial charge in [0.2, 0.25) is 0 Å². The van der Waals surface area contributed by atoms with Gasteiger partial charge < -0.3 is 0 Å². The Bertz CT molecular complexity index is 2450. The molecule has 3 heterocycles. The number of benzene rings is 6. The fourth-order valence-electron chi connectivity index (χ4n) is 6.32. The van der Waals surface area contributed by atoms with Crippen LogP contribution >= 0.6 is 0 Å². The van der Waals surface area contributed by atoms with Gasteiger partial charge in [-0.05, 0) is 50.5 Å². The topological polar surface area (TPSA) is 51.6 Å². The second-order valence-corrected chi connectivity index (χ2v) is 10.7. The molecule has 0 aliphatic rings. The third-order valence-corrected chi connectivity index (χ3v) is 8.34. The third-order valence-electron chi connectivity index (χ3n) is 8.34. The van der Waals surface area contributed by atoms with E-state index >= 15 is 0 Å². The maximum absolute atomic E-state index is 5.28. The summed E-state index contributed by atoms with van der Waals surface area (Å²) < 4.78 is 0. The van der Waals surface area contributed by atoms with Crippen molar-refractivity contribution in [2.75, 3.05) is 0 Å². The van der Waals surface area contributed by atoms with E-state index in [4.69, 9.17) is 9.97 Å². The van der Waals surface area contributed by atoms with Gasteiger partial charge in [-0.2, -0.15) is 0 Å². The van der Waals surface area contributed by atoms with E-state index in [9.17, 15) is 0 Å². The van der Waals surface area contributed by atoms with Crippen LogP contribution in [0.15, 0.2) is 134 Å². The Kier molecular flexibility index (Phi) is 4.87. The minimum atomic E-state index is 0.838. The van der Waals surface area contributed by atoms with Crippen molar-refractivity contribution >= 4 is 54.1 Å². The zero-order chi connectivity index (χ0) is 27.6. The molecule has 9 aromatic rings. The highest BCUT2D eigenvalue weighted by molar-refractivity contribution is 6.25. The lowest BCUT2D eigenvalue weighted by molar-refractivity contribution is 1.21. The summed E-state index contributed by atoms with van der Waals surface area (Å²) in [6, 6.07) is 40.9. The van der Waals surface area contributed by atoms with Crippen LogP contribution in [0.1, 0.15) is 0 Å². The zero-order valence-electron chi connectivity index (χ0n) is 22.5. The van der Waals surface area contributed by atoms with Crippen molar-refractivity contribution in [2.24, 2.45) is 0 Å². The molecule has 0 amide bonds. The number of fused-ring (bicyclic) bond motifs is 3. The van der Waals surface area contributed by atoms with Gasteiger partial charge in [0.15, 0.2) is 0 Å². The first-order valence-corrected chi connectivity index (χ1v) is 14.0. The zero-order valence-corrected chi connectivity index (χ0v) is 22.5. The number of hydrogen-bond donors (Lipinski definition) is 0. The van der Waals surface area contributed by atoms with Crippen LogP contribution in [-0.2, 0) is 0 Å². The van der Waals surface area contributed by atoms with E-state index in [1.165, 1.54) is 32.3 Å². The van der Waals surface area contributed by atoms with Crippen LogP contribution in [-0.4, -0.2) is 19.9 Å².